The van der Waals surface area contributed by atoms with Gasteiger partial charge in [-0.25, -0.2) is 4.98 Å². The van der Waals surface area contributed by atoms with E-state index in [9.17, 15) is 39.0 Å². The number of phenols is 1. The highest BCUT2D eigenvalue weighted by Gasteiger charge is 2.39. The number of carbonyl (C=O) groups excluding carboxylic acids is 6. The lowest BCUT2D eigenvalue weighted by Gasteiger charge is -2.30. The number of aliphatic hydroxyl groups excluding tert-OH is 1. The van der Waals surface area contributed by atoms with E-state index in [0.29, 0.717) is 50.2 Å². The standard InChI is InChI=1S/C44H64N12O8/c1-4-48-42(63)37-13-9-19-56(37)43(64)33(12-8-18-49-44(46)47)51-39(60)34(20-27(2)3)53-41(62)36(22-30-24-55(26-50-30)23-29-10-6-5-7-11-29)54-40(61)35(52-38(59)32(45)25-57)21-28-14-16-31(58)17-15-28/h5-7,10-11,14-17,24,26-27,32-37,57-58H,4,8-9,12-13,18-23,25,45H2,1-3H3,(H,48,63)(H,51,60)(H,52,59)(H,53,62)(H,54,61)(H4,46,47,49). The second-order valence-electron chi connectivity index (χ2n) is 16.3. The van der Waals surface area contributed by atoms with Gasteiger partial charge >= 0.3 is 0 Å². The van der Waals surface area contributed by atoms with Crippen molar-refractivity contribution >= 4 is 41.4 Å². The second-order valence-corrected chi connectivity index (χ2v) is 16.3. The Morgan fingerprint density at radius 1 is 0.844 bits per heavy atom. The fraction of sp³-hybridized carbons (Fsp3) is 0.500. The van der Waals surface area contributed by atoms with Crippen LogP contribution in [0.4, 0.5) is 0 Å². The van der Waals surface area contributed by atoms with E-state index in [1.54, 1.807) is 31.6 Å². The number of amides is 6. The maximum Gasteiger partial charge on any atom is 0.245 e. The van der Waals surface area contributed by atoms with E-state index in [2.05, 4.69) is 36.6 Å². The minimum atomic E-state index is -1.35. The van der Waals surface area contributed by atoms with Crippen molar-refractivity contribution < 1.29 is 39.0 Å². The van der Waals surface area contributed by atoms with Crippen LogP contribution in [0.3, 0.4) is 0 Å². The average molecular weight is 889 g/mol. The van der Waals surface area contributed by atoms with Crippen LogP contribution in [0.15, 0.2) is 72.1 Å². The summed E-state index contributed by atoms with van der Waals surface area (Å²) in [6.45, 7) is 6.17. The monoisotopic (exact) mass is 888 g/mol. The van der Waals surface area contributed by atoms with Gasteiger partial charge in [-0.1, -0.05) is 56.3 Å². The number of nitrogens with two attached hydrogens (primary N) is 3. The molecule has 0 saturated carbocycles. The molecule has 0 spiro atoms. The van der Waals surface area contributed by atoms with Crippen LogP contribution in [0.2, 0.25) is 0 Å². The number of carbonyl (C=O) groups is 6. The number of imidazole rings is 1. The summed E-state index contributed by atoms with van der Waals surface area (Å²) in [6, 6.07) is 8.62. The van der Waals surface area contributed by atoms with Crippen molar-refractivity contribution in [2.24, 2.45) is 28.1 Å². The number of rotatable bonds is 24. The SMILES string of the molecule is CCNC(=O)C1CCCN1C(=O)C(CCCN=C(N)N)NC(=O)C(CC(C)C)NC(=O)C(Cc1cn(Cc2ccccc2)cn1)NC(=O)C(Cc1ccc(O)cc1)NC(=O)C(N)CO. The topological polar surface area (TPSA) is 315 Å². The molecule has 0 radical (unpaired) electrons. The summed E-state index contributed by atoms with van der Waals surface area (Å²) in [7, 11) is 0. The number of phenolic OH excluding ortho intramolecular Hbond substituents is 1. The Labute approximate surface area is 373 Å². The molecule has 20 heteroatoms. The van der Waals surface area contributed by atoms with Crippen molar-refractivity contribution in [2.45, 2.75) is 109 Å². The van der Waals surface area contributed by atoms with Crippen LogP contribution in [-0.4, -0.2) is 129 Å². The minimum absolute atomic E-state index is 0.0132. The Balaban J connectivity index is 1.63. The zero-order valence-electron chi connectivity index (χ0n) is 36.7. The van der Waals surface area contributed by atoms with Gasteiger partial charge in [-0.15, -0.1) is 0 Å². The smallest absolute Gasteiger partial charge is 0.245 e. The third-order valence-corrected chi connectivity index (χ3v) is 10.6. The van der Waals surface area contributed by atoms with E-state index in [4.69, 9.17) is 17.2 Å². The first-order valence-electron chi connectivity index (χ1n) is 21.6. The molecule has 13 N–H and O–H groups in total. The number of nitrogens with zero attached hydrogens (tertiary/aromatic N) is 4. The predicted molar refractivity (Wildman–Crippen MR) is 239 cm³/mol. The quantitative estimate of drug-likeness (QED) is 0.0292. The zero-order chi connectivity index (χ0) is 46.8. The fourth-order valence-corrected chi connectivity index (χ4v) is 7.33. The molecular formula is C44H64N12O8. The summed E-state index contributed by atoms with van der Waals surface area (Å²) in [4.78, 5) is 92.9. The van der Waals surface area contributed by atoms with Gasteiger partial charge in [-0.3, -0.25) is 33.8 Å². The number of benzene rings is 2. The van der Waals surface area contributed by atoms with E-state index < -0.39 is 72.4 Å². The lowest BCUT2D eigenvalue weighted by molar-refractivity contribution is -0.142. The fourth-order valence-electron chi connectivity index (χ4n) is 7.33. The number of likely N-dealkylation sites (N-methyl/N-ethyl adjacent to an activating group) is 1. The lowest BCUT2D eigenvalue weighted by atomic mass is 10.0. The van der Waals surface area contributed by atoms with Crippen LogP contribution in [0.5, 0.6) is 5.75 Å². The molecule has 2 aromatic carbocycles. The Kier molecular flexibility index (Phi) is 19.5. The molecule has 1 fully saturated rings. The van der Waals surface area contributed by atoms with E-state index in [-0.39, 0.29) is 55.8 Å². The average Bonchev–Trinajstić information content (AvgIpc) is 3.94. The molecule has 0 bridgehead atoms. The third-order valence-electron chi connectivity index (χ3n) is 10.6. The first-order chi connectivity index (χ1) is 30.6. The normalized spacial score (nSPS) is 15.8. The Bertz CT molecular complexity index is 2040. The van der Waals surface area contributed by atoms with Gasteiger partial charge in [0.15, 0.2) is 5.96 Å². The number of likely N-dealkylation sites (tertiary alicyclic amines) is 1. The first kappa shape index (κ1) is 50.1. The van der Waals surface area contributed by atoms with Gasteiger partial charge in [0, 0.05) is 45.2 Å². The van der Waals surface area contributed by atoms with Crippen LogP contribution in [0.1, 0.15) is 69.7 Å². The number of nitrogens with one attached hydrogen (secondary N) is 5. The highest BCUT2D eigenvalue weighted by atomic mass is 16.3. The molecule has 0 aliphatic carbocycles. The molecule has 20 nitrogen and oxygen atoms in total. The first-order valence-corrected chi connectivity index (χ1v) is 21.6. The summed E-state index contributed by atoms with van der Waals surface area (Å²) in [5.74, 6) is -4.03. The molecule has 6 unspecified atom stereocenters. The number of aromatic nitrogens is 2. The van der Waals surface area contributed by atoms with Gasteiger partial charge in [-0.2, -0.15) is 0 Å². The number of hydrogen-bond donors (Lipinski definition) is 10. The summed E-state index contributed by atoms with van der Waals surface area (Å²) in [5, 5.41) is 33.1. The van der Waals surface area contributed by atoms with Gasteiger partial charge in [-0.05, 0) is 68.2 Å². The van der Waals surface area contributed by atoms with Crippen molar-refractivity contribution in [3.8, 4) is 5.75 Å². The summed E-state index contributed by atoms with van der Waals surface area (Å²) < 4.78 is 1.82. The molecule has 64 heavy (non-hydrogen) atoms. The summed E-state index contributed by atoms with van der Waals surface area (Å²) in [5.41, 5.74) is 18.8. The Morgan fingerprint density at radius 2 is 1.47 bits per heavy atom. The van der Waals surface area contributed by atoms with Gasteiger partial charge in [0.25, 0.3) is 0 Å². The van der Waals surface area contributed by atoms with Gasteiger partial charge < -0.3 is 63.5 Å². The van der Waals surface area contributed by atoms with E-state index in [1.807, 2.05) is 48.7 Å². The van der Waals surface area contributed by atoms with Gasteiger partial charge in [0.2, 0.25) is 35.4 Å². The van der Waals surface area contributed by atoms with Crippen molar-refractivity contribution in [1.82, 2.24) is 41.0 Å². The van der Waals surface area contributed by atoms with E-state index in [1.165, 1.54) is 17.0 Å². The number of aromatic hydroxyl groups is 1. The molecule has 2 heterocycles. The van der Waals surface area contributed by atoms with Crippen molar-refractivity contribution in [3.05, 3.63) is 83.9 Å². The van der Waals surface area contributed by atoms with Crippen molar-refractivity contribution in [2.75, 3.05) is 26.2 Å². The molecule has 6 atom stereocenters. The van der Waals surface area contributed by atoms with Crippen LogP contribution >= 0.6 is 0 Å². The van der Waals surface area contributed by atoms with Crippen LogP contribution in [0.25, 0.3) is 0 Å². The number of guanidine groups is 1. The largest absolute Gasteiger partial charge is 0.508 e. The molecular weight excluding hydrogens is 825 g/mol. The highest BCUT2D eigenvalue weighted by Crippen LogP contribution is 2.20. The molecule has 1 saturated heterocycles. The summed E-state index contributed by atoms with van der Waals surface area (Å²) in [6.07, 6.45) is 4.76. The van der Waals surface area contributed by atoms with E-state index in [0.717, 1.165) is 5.56 Å². The molecule has 6 amide bonds. The Morgan fingerprint density at radius 3 is 2.11 bits per heavy atom. The van der Waals surface area contributed by atoms with E-state index >= 15 is 0 Å². The molecule has 348 valence electrons. The maximum absolute atomic E-state index is 14.5. The molecule has 1 aliphatic rings. The molecule has 4 rings (SSSR count). The maximum atomic E-state index is 14.5. The Hall–Kier alpha value is -6.54. The predicted octanol–water partition coefficient (Wildman–Crippen LogP) is -1.09. The number of hydrogen-bond acceptors (Lipinski definition) is 11. The lowest BCUT2D eigenvalue weighted by Crippen LogP contribution is -2.60. The van der Waals surface area contributed by atoms with Crippen LogP contribution in [0, 0.1) is 5.92 Å². The minimum Gasteiger partial charge on any atom is -0.508 e. The van der Waals surface area contributed by atoms with Gasteiger partial charge in [0.05, 0.1) is 18.6 Å². The number of aliphatic imine (C=N–C) groups is 1. The summed E-state index contributed by atoms with van der Waals surface area (Å²) >= 11 is 0. The molecule has 1 aromatic heterocycles. The van der Waals surface area contributed by atoms with Crippen LogP contribution < -0.4 is 43.8 Å². The molecule has 1 aliphatic heterocycles. The zero-order valence-corrected chi connectivity index (χ0v) is 36.7. The van der Waals surface area contributed by atoms with Gasteiger partial charge in [0.1, 0.15) is 42.0 Å². The molecule has 3 aromatic rings. The van der Waals surface area contributed by atoms with Crippen LogP contribution in [-0.2, 0) is 48.2 Å². The highest BCUT2D eigenvalue weighted by molar-refractivity contribution is 5.97. The number of aliphatic hydroxyl groups is 1. The third kappa shape index (κ3) is 15.7. The van der Waals surface area contributed by atoms with Crippen molar-refractivity contribution in [1.29, 1.82) is 0 Å². The second kappa shape index (κ2) is 24.9. The van der Waals surface area contributed by atoms with Crippen molar-refractivity contribution in [3.63, 3.8) is 0 Å².